The summed E-state index contributed by atoms with van der Waals surface area (Å²) in [5, 5.41) is 2.85. The van der Waals surface area contributed by atoms with Crippen LogP contribution >= 0.6 is 15.9 Å². The summed E-state index contributed by atoms with van der Waals surface area (Å²) in [5.41, 5.74) is 0.634. The quantitative estimate of drug-likeness (QED) is 0.905. The molecule has 0 unspecified atom stereocenters. The van der Waals surface area contributed by atoms with E-state index in [0.717, 1.165) is 16.6 Å². The molecule has 94 valence electrons. The summed E-state index contributed by atoms with van der Waals surface area (Å²) in [6, 6.07) is 5.50. The summed E-state index contributed by atoms with van der Waals surface area (Å²) >= 11 is 3.41. The third-order valence-electron chi connectivity index (χ3n) is 2.08. The SMILES string of the molecule is CCCOc1ccc(C(=O)NC(C)C)cc1Br. The summed E-state index contributed by atoms with van der Waals surface area (Å²) in [6.07, 6.45) is 0.960. The molecule has 0 radical (unpaired) electrons. The van der Waals surface area contributed by atoms with E-state index in [0.29, 0.717) is 12.2 Å². The molecule has 0 aliphatic heterocycles. The van der Waals surface area contributed by atoms with Crippen molar-refractivity contribution in [3.8, 4) is 5.75 Å². The number of amides is 1. The van der Waals surface area contributed by atoms with Gasteiger partial charge >= 0.3 is 0 Å². The normalized spacial score (nSPS) is 10.4. The van der Waals surface area contributed by atoms with Crippen molar-refractivity contribution in [3.63, 3.8) is 0 Å². The Hall–Kier alpha value is -1.03. The monoisotopic (exact) mass is 299 g/mol. The van der Waals surface area contributed by atoms with Gasteiger partial charge in [-0.2, -0.15) is 0 Å². The number of carbonyl (C=O) groups excluding carboxylic acids is 1. The maximum absolute atomic E-state index is 11.8. The number of hydrogen-bond acceptors (Lipinski definition) is 2. The van der Waals surface area contributed by atoms with Crippen molar-refractivity contribution >= 4 is 21.8 Å². The fourth-order valence-electron chi connectivity index (χ4n) is 1.32. The van der Waals surface area contributed by atoms with E-state index in [2.05, 4.69) is 28.2 Å². The first-order chi connectivity index (χ1) is 8.04. The van der Waals surface area contributed by atoms with Crippen molar-refractivity contribution < 1.29 is 9.53 Å². The molecule has 0 fully saturated rings. The zero-order valence-electron chi connectivity index (χ0n) is 10.4. The third kappa shape index (κ3) is 4.38. The highest BCUT2D eigenvalue weighted by Crippen LogP contribution is 2.26. The molecule has 0 atom stereocenters. The van der Waals surface area contributed by atoms with Gasteiger partial charge in [0.15, 0.2) is 0 Å². The zero-order chi connectivity index (χ0) is 12.8. The summed E-state index contributed by atoms with van der Waals surface area (Å²) in [7, 11) is 0. The lowest BCUT2D eigenvalue weighted by atomic mass is 10.2. The highest BCUT2D eigenvalue weighted by molar-refractivity contribution is 9.10. The van der Waals surface area contributed by atoms with Crippen LogP contribution in [0.1, 0.15) is 37.6 Å². The molecule has 3 nitrogen and oxygen atoms in total. The minimum Gasteiger partial charge on any atom is -0.492 e. The van der Waals surface area contributed by atoms with E-state index in [1.54, 1.807) is 12.1 Å². The smallest absolute Gasteiger partial charge is 0.251 e. The van der Waals surface area contributed by atoms with Crippen molar-refractivity contribution in [2.75, 3.05) is 6.61 Å². The van der Waals surface area contributed by atoms with E-state index in [4.69, 9.17) is 4.74 Å². The maximum Gasteiger partial charge on any atom is 0.251 e. The molecular formula is C13H18BrNO2. The van der Waals surface area contributed by atoms with E-state index in [-0.39, 0.29) is 11.9 Å². The van der Waals surface area contributed by atoms with E-state index < -0.39 is 0 Å². The van der Waals surface area contributed by atoms with Crippen LogP contribution in [0.2, 0.25) is 0 Å². The molecule has 4 heteroatoms. The van der Waals surface area contributed by atoms with Gasteiger partial charge in [-0.15, -0.1) is 0 Å². The molecule has 0 heterocycles. The van der Waals surface area contributed by atoms with Crippen LogP contribution < -0.4 is 10.1 Å². The average molecular weight is 300 g/mol. The summed E-state index contributed by atoms with van der Waals surface area (Å²) in [5.74, 6) is 0.704. The Kier molecular flexibility index (Phi) is 5.48. The Morgan fingerprint density at radius 1 is 1.47 bits per heavy atom. The lowest BCUT2D eigenvalue weighted by Gasteiger charge is -2.11. The molecule has 1 aromatic carbocycles. The van der Waals surface area contributed by atoms with Crippen molar-refractivity contribution in [2.45, 2.75) is 33.2 Å². The van der Waals surface area contributed by atoms with Crippen LogP contribution in [0.4, 0.5) is 0 Å². The van der Waals surface area contributed by atoms with Gasteiger partial charge in [-0.1, -0.05) is 6.92 Å². The van der Waals surface area contributed by atoms with Crippen LogP contribution in [0, 0.1) is 0 Å². The molecule has 0 aromatic heterocycles. The first kappa shape index (κ1) is 14.0. The summed E-state index contributed by atoms with van der Waals surface area (Å²) in [4.78, 5) is 11.8. The number of ether oxygens (including phenoxy) is 1. The zero-order valence-corrected chi connectivity index (χ0v) is 12.0. The second kappa shape index (κ2) is 6.64. The molecule has 0 spiro atoms. The molecule has 0 aliphatic rings. The fourth-order valence-corrected chi connectivity index (χ4v) is 1.81. The minimum atomic E-state index is -0.0669. The van der Waals surface area contributed by atoms with Crippen LogP contribution in [0.15, 0.2) is 22.7 Å². The topological polar surface area (TPSA) is 38.3 Å². The van der Waals surface area contributed by atoms with Crippen LogP contribution in [-0.4, -0.2) is 18.6 Å². The Balaban J connectivity index is 2.77. The van der Waals surface area contributed by atoms with Gasteiger partial charge in [0, 0.05) is 11.6 Å². The standard InChI is InChI=1S/C13H18BrNO2/c1-4-7-17-12-6-5-10(8-11(12)14)13(16)15-9(2)3/h5-6,8-9H,4,7H2,1-3H3,(H,15,16). The van der Waals surface area contributed by atoms with E-state index in [1.807, 2.05) is 19.9 Å². The van der Waals surface area contributed by atoms with Crippen LogP contribution in [0.25, 0.3) is 0 Å². The van der Waals surface area contributed by atoms with Gasteiger partial charge < -0.3 is 10.1 Å². The van der Waals surface area contributed by atoms with Gasteiger partial charge in [0.05, 0.1) is 11.1 Å². The highest BCUT2D eigenvalue weighted by atomic mass is 79.9. The number of halogens is 1. The first-order valence-electron chi connectivity index (χ1n) is 5.77. The largest absolute Gasteiger partial charge is 0.492 e. The number of rotatable bonds is 5. The fraction of sp³-hybridized carbons (Fsp3) is 0.462. The predicted molar refractivity (Wildman–Crippen MR) is 72.5 cm³/mol. The van der Waals surface area contributed by atoms with Gasteiger partial charge in [-0.25, -0.2) is 0 Å². The Morgan fingerprint density at radius 3 is 2.71 bits per heavy atom. The Labute approximate surface area is 111 Å². The van der Waals surface area contributed by atoms with Gasteiger partial charge in [0.1, 0.15) is 5.75 Å². The maximum atomic E-state index is 11.8. The first-order valence-corrected chi connectivity index (χ1v) is 6.57. The Bertz CT molecular complexity index is 391. The third-order valence-corrected chi connectivity index (χ3v) is 2.70. The lowest BCUT2D eigenvalue weighted by Crippen LogP contribution is -2.30. The second-order valence-electron chi connectivity index (χ2n) is 4.12. The number of hydrogen-bond donors (Lipinski definition) is 1. The van der Waals surface area contributed by atoms with Crippen LogP contribution in [0.3, 0.4) is 0 Å². The van der Waals surface area contributed by atoms with Gasteiger partial charge in [-0.3, -0.25) is 4.79 Å². The Morgan fingerprint density at radius 2 is 2.18 bits per heavy atom. The highest BCUT2D eigenvalue weighted by Gasteiger charge is 2.09. The van der Waals surface area contributed by atoms with E-state index in [1.165, 1.54) is 0 Å². The molecule has 1 N–H and O–H groups in total. The number of benzene rings is 1. The van der Waals surface area contributed by atoms with Crippen LogP contribution in [-0.2, 0) is 0 Å². The number of carbonyl (C=O) groups is 1. The molecule has 0 bridgehead atoms. The van der Waals surface area contributed by atoms with Gasteiger partial charge in [0.2, 0.25) is 0 Å². The number of nitrogens with one attached hydrogen (secondary N) is 1. The minimum absolute atomic E-state index is 0.0669. The van der Waals surface area contributed by atoms with Crippen LogP contribution in [0.5, 0.6) is 5.75 Å². The van der Waals surface area contributed by atoms with Gasteiger partial charge in [0.25, 0.3) is 5.91 Å². The van der Waals surface area contributed by atoms with Crippen molar-refractivity contribution in [2.24, 2.45) is 0 Å². The second-order valence-corrected chi connectivity index (χ2v) is 4.98. The van der Waals surface area contributed by atoms with Crippen molar-refractivity contribution in [1.82, 2.24) is 5.32 Å². The molecule has 1 rings (SSSR count). The molecule has 0 saturated heterocycles. The molecule has 1 amide bonds. The van der Waals surface area contributed by atoms with E-state index >= 15 is 0 Å². The molecular weight excluding hydrogens is 282 g/mol. The van der Waals surface area contributed by atoms with E-state index in [9.17, 15) is 4.79 Å². The van der Waals surface area contributed by atoms with Gasteiger partial charge in [-0.05, 0) is 54.4 Å². The van der Waals surface area contributed by atoms with Crippen molar-refractivity contribution in [1.29, 1.82) is 0 Å². The van der Waals surface area contributed by atoms with Crippen molar-refractivity contribution in [3.05, 3.63) is 28.2 Å². The summed E-state index contributed by atoms with van der Waals surface area (Å²) < 4.78 is 6.33. The average Bonchev–Trinajstić information content (AvgIpc) is 2.26. The molecule has 1 aromatic rings. The molecule has 17 heavy (non-hydrogen) atoms. The molecule has 0 saturated carbocycles. The molecule has 0 aliphatic carbocycles. The predicted octanol–water partition coefficient (Wildman–Crippen LogP) is 3.38. The lowest BCUT2D eigenvalue weighted by molar-refractivity contribution is 0.0943. The summed E-state index contributed by atoms with van der Waals surface area (Å²) in [6.45, 7) is 6.60.